The van der Waals surface area contributed by atoms with Crippen molar-refractivity contribution in [2.75, 3.05) is 31.7 Å². The summed E-state index contributed by atoms with van der Waals surface area (Å²) in [7, 11) is 0. The van der Waals surface area contributed by atoms with Crippen LogP contribution in [0.4, 0.5) is 28.0 Å². The molecule has 2 aliphatic heterocycles. The summed E-state index contributed by atoms with van der Waals surface area (Å²) in [5.74, 6) is -2.60. The molecule has 6 N–H and O–H groups in total. The molecule has 0 saturated carbocycles. The fourth-order valence-electron chi connectivity index (χ4n) is 5.62. The van der Waals surface area contributed by atoms with Gasteiger partial charge in [0.05, 0.1) is 42.7 Å². The first-order valence-corrected chi connectivity index (χ1v) is 15.4. The van der Waals surface area contributed by atoms with E-state index < -0.39 is 53.1 Å². The molecule has 0 unspecified atom stereocenters. The Morgan fingerprint density at radius 1 is 1.06 bits per heavy atom. The molecular weight excluding hydrogens is 664 g/mol. The molecule has 4 aromatic rings. The average Bonchev–Trinajstić information content (AvgIpc) is 3.39. The van der Waals surface area contributed by atoms with Gasteiger partial charge in [0.1, 0.15) is 29.3 Å². The number of carbonyl (C=O) groups excluding carboxylic acids is 3. The van der Waals surface area contributed by atoms with Crippen molar-refractivity contribution in [3.8, 4) is 17.0 Å². The molecule has 2 aromatic carbocycles. The van der Waals surface area contributed by atoms with E-state index in [0.717, 1.165) is 23.8 Å². The SMILES string of the molecule is Cc1cc2cc(C(=O)NC[C@](O)(c3cc4c(c(-c5ccc(F)cc5)n3)OC[C@]4(C)C(N)=O)C(F)(F)F)cc(NC(=O)NC3COC3)c2nc1C. The predicted molar refractivity (Wildman–Crippen MR) is 172 cm³/mol. The Morgan fingerprint density at radius 3 is 2.38 bits per heavy atom. The summed E-state index contributed by atoms with van der Waals surface area (Å²) >= 11 is 0. The highest BCUT2D eigenvalue weighted by Gasteiger charge is 2.57. The minimum atomic E-state index is -5.41. The smallest absolute Gasteiger partial charge is 0.424 e. The molecule has 0 bridgehead atoms. The van der Waals surface area contributed by atoms with Gasteiger partial charge in [-0.3, -0.25) is 14.6 Å². The Balaban J connectivity index is 1.38. The first kappa shape index (κ1) is 34.5. The zero-order valence-electron chi connectivity index (χ0n) is 27.0. The van der Waals surface area contributed by atoms with Crippen molar-refractivity contribution in [2.45, 2.75) is 44.0 Å². The number of carbonyl (C=O) groups is 3. The van der Waals surface area contributed by atoms with Gasteiger partial charge < -0.3 is 36.3 Å². The number of aromatic nitrogens is 2. The van der Waals surface area contributed by atoms with Gasteiger partial charge in [0.25, 0.3) is 5.91 Å². The molecule has 4 amide bonds. The van der Waals surface area contributed by atoms with Crippen molar-refractivity contribution < 1.29 is 46.5 Å². The summed E-state index contributed by atoms with van der Waals surface area (Å²) in [5, 5.41) is 19.3. The molecule has 1 saturated heterocycles. The highest BCUT2D eigenvalue weighted by Crippen LogP contribution is 2.47. The first-order chi connectivity index (χ1) is 23.5. The number of halogens is 4. The van der Waals surface area contributed by atoms with Crippen LogP contribution in [0.15, 0.2) is 48.5 Å². The highest BCUT2D eigenvalue weighted by molar-refractivity contribution is 6.06. The van der Waals surface area contributed by atoms with Gasteiger partial charge in [-0.2, -0.15) is 13.2 Å². The second-order valence-corrected chi connectivity index (χ2v) is 12.6. The molecule has 12 nitrogen and oxygen atoms in total. The summed E-state index contributed by atoms with van der Waals surface area (Å²) in [6.45, 7) is 3.84. The van der Waals surface area contributed by atoms with E-state index in [9.17, 15) is 37.1 Å². The number of rotatable bonds is 8. The third kappa shape index (κ3) is 6.15. The van der Waals surface area contributed by atoms with E-state index in [1.165, 1.54) is 31.2 Å². The molecule has 2 aliphatic rings. The van der Waals surface area contributed by atoms with Crippen LogP contribution in [0.25, 0.3) is 22.2 Å². The molecule has 2 aromatic heterocycles. The standard InChI is InChI=1S/C34H32F4N6O6/c1-16-8-19-9-20(10-24(26(19)41-17(16)2)43-31(47)42-22-12-49-13-22)29(45)40-14-33(48,34(36,37)38)25-11-23-28(50-15-32(23,3)30(39)46)27(44-25)18-4-6-21(35)7-5-18/h4-11,22,48H,12-15H2,1-3H3,(H2,39,46)(H,40,45)(H2,42,43,47)/t32-,33-/m0/s1. The van der Waals surface area contributed by atoms with E-state index in [2.05, 4.69) is 25.9 Å². The Labute approximate surface area is 282 Å². The van der Waals surface area contributed by atoms with Crippen LogP contribution >= 0.6 is 0 Å². The first-order valence-electron chi connectivity index (χ1n) is 15.4. The number of aliphatic hydroxyl groups is 1. The van der Waals surface area contributed by atoms with Gasteiger partial charge in [-0.15, -0.1) is 0 Å². The van der Waals surface area contributed by atoms with Crippen molar-refractivity contribution in [1.29, 1.82) is 0 Å². The monoisotopic (exact) mass is 696 g/mol. The van der Waals surface area contributed by atoms with Gasteiger partial charge in [0, 0.05) is 27.8 Å². The number of nitrogens with one attached hydrogen (secondary N) is 3. The third-order valence-electron chi connectivity index (χ3n) is 8.98. The number of nitrogens with two attached hydrogens (primary N) is 1. The van der Waals surface area contributed by atoms with Gasteiger partial charge in [0.15, 0.2) is 0 Å². The van der Waals surface area contributed by atoms with Crippen LogP contribution in [0, 0.1) is 19.7 Å². The van der Waals surface area contributed by atoms with Crippen LogP contribution in [0.5, 0.6) is 5.75 Å². The molecular formula is C34H32F4N6O6. The number of ether oxygens (including phenoxy) is 2. The summed E-state index contributed by atoms with van der Waals surface area (Å²) < 4.78 is 69.2. The van der Waals surface area contributed by atoms with Gasteiger partial charge >= 0.3 is 12.2 Å². The number of nitrogens with zero attached hydrogens (tertiary/aromatic N) is 2. The molecule has 4 heterocycles. The third-order valence-corrected chi connectivity index (χ3v) is 8.98. The second kappa shape index (κ2) is 12.5. The van der Waals surface area contributed by atoms with Gasteiger partial charge in [0.2, 0.25) is 11.5 Å². The van der Waals surface area contributed by atoms with Crippen molar-refractivity contribution in [2.24, 2.45) is 5.73 Å². The number of pyridine rings is 2. The van der Waals surface area contributed by atoms with Crippen LogP contribution in [0.3, 0.4) is 0 Å². The minimum Gasteiger partial charge on any atom is -0.489 e. The van der Waals surface area contributed by atoms with E-state index in [4.69, 9.17) is 15.2 Å². The number of benzene rings is 2. The Hall–Kier alpha value is -5.35. The van der Waals surface area contributed by atoms with Crippen LogP contribution in [-0.4, -0.2) is 71.5 Å². The second-order valence-electron chi connectivity index (χ2n) is 12.6. The highest BCUT2D eigenvalue weighted by atomic mass is 19.4. The number of hydrogen-bond acceptors (Lipinski definition) is 8. The van der Waals surface area contributed by atoms with Crippen LogP contribution in [0.2, 0.25) is 0 Å². The maximum Gasteiger partial charge on any atom is 0.424 e. The molecule has 262 valence electrons. The van der Waals surface area contributed by atoms with Gasteiger partial charge in [-0.25, -0.2) is 14.2 Å². The summed E-state index contributed by atoms with van der Waals surface area (Å²) in [4.78, 5) is 47.4. The number of fused-ring (bicyclic) bond motifs is 2. The lowest BCUT2D eigenvalue weighted by atomic mass is 9.81. The maximum absolute atomic E-state index is 14.9. The molecule has 16 heteroatoms. The Morgan fingerprint density at radius 2 is 1.76 bits per heavy atom. The number of alkyl halides is 3. The van der Waals surface area contributed by atoms with Crippen molar-refractivity contribution in [3.05, 3.63) is 82.4 Å². The lowest BCUT2D eigenvalue weighted by Gasteiger charge is -2.31. The molecule has 0 aliphatic carbocycles. The number of anilines is 1. The van der Waals surface area contributed by atoms with Crippen LogP contribution in [-0.2, 0) is 20.5 Å². The maximum atomic E-state index is 14.9. The van der Waals surface area contributed by atoms with Crippen molar-refractivity contribution in [3.63, 3.8) is 0 Å². The summed E-state index contributed by atoms with van der Waals surface area (Å²) in [6, 6.07) is 9.06. The number of amides is 4. The van der Waals surface area contributed by atoms with E-state index in [-0.39, 0.29) is 46.5 Å². The molecule has 0 spiro atoms. The Bertz CT molecular complexity index is 2040. The summed E-state index contributed by atoms with van der Waals surface area (Å²) in [6.07, 6.45) is -5.41. The van der Waals surface area contributed by atoms with Crippen molar-refractivity contribution >= 4 is 34.4 Å². The average molecular weight is 697 g/mol. The van der Waals surface area contributed by atoms with E-state index in [1.807, 2.05) is 0 Å². The minimum absolute atomic E-state index is 0.0561. The zero-order valence-corrected chi connectivity index (χ0v) is 27.0. The number of hydrogen-bond donors (Lipinski definition) is 5. The van der Waals surface area contributed by atoms with E-state index >= 15 is 0 Å². The lowest BCUT2D eigenvalue weighted by Crippen LogP contribution is -2.52. The van der Waals surface area contributed by atoms with Crippen LogP contribution in [0.1, 0.15) is 39.8 Å². The van der Waals surface area contributed by atoms with Gasteiger partial charge in [-0.05, 0) is 74.9 Å². The zero-order chi connectivity index (χ0) is 36.2. The predicted octanol–water partition coefficient (Wildman–Crippen LogP) is 3.89. The van der Waals surface area contributed by atoms with Gasteiger partial charge in [-0.1, -0.05) is 0 Å². The molecule has 50 heavy (non-hydrogen) atoms. The molecule has 0 radical (unpaired) electrons. The molecule has 2 atom stereocenters. The topological polar surface area (TPSA) is 178 Å². The number of primary amides is 1. The number of aryl methyl sites for hydroxylation is 2. The van der Waals surface area contributed by atoms with E-state index in [0.29, 0.717) is 29.8 Å². The molecule has 6 rings (SSSR count). The number of urea groups is 1. The largest absolute Gasteiger partial charge is 0.489 e. The molecule has 1 fully saturated rings. The normalized spacial score (nSPS) is 18.4. The lowest BCUT2D eigenvalue weighted by molar-refractivity contribution is -0.265. The van der Waals surface area contributed by atoms with E-state index in [1.54, 1.807) is 19.9 Å². The Kier molecular flexibility index (Phi) is 8.64. The quantitative estimate of drug-likeness (QED) is 0.172. The van der Waals surface area contributed by atoms with Crippen molar-refractivity contribution in [1.82, 2.24) is 20.6 Å². The van der Waals surface area contributed by atoms with Crippen LogP contribution < -0.4 is 26.4 Å². The fraction of sp³-hybridized carbons (Fsp3) is 0.324. The summed E-state index contributed by atoms with van der Waals surface area (Å²) in [5.41, 5.74) is 0.852. The fourth-order valence-corrected chi connectivity index (χ4v) is 5.62.